The fraction of sp³-hybridized carbons (Fsp3) is 0.733. The van der Waals surface area contributed by atoms with Gasteiger partial charge in [-0.25, -0.2) is 0 Å². The minimum Gasteiger partial charge on any atom is -0.468 e. The van der Waals surface area contributed by atoms with Crippen molar-refractivity contribution in [2.75, 3.05) is 0 Å². The summed E-state index contributed by atoms with van der Waals surface area (Å²) < 4.78 is 5.47. The zero-order chi connectivity index (χ0) is 12.3. The van der Waals surface area contributed by atoms with Crippen LogP contribution in [0, 0.1) is 11.8 Å². The molecule has 1 fully saturated rings. The summed E-state index contributed by atoms with van der Waals surface area (Å²) >= 11 is 0. The van der Waals surface area contributed by atoms with Gasteiger partial charge in [0, 0.05) is 6.04 Å². The first-order valence-electron chi connectivity index (χ1n) is 6.98. The zero-order valence-corrected chi connectivity index (χ0v) is 11.3. The highest BCUT2D eigenvalue weighted by molar-refractivity contribution is 5.04. The SMILES string of the molecule is CC(C)C1CCCCC1N[C@@H](C)c1ccco1. The van der Waals surface area contributed by atoms with Gasteiger partial charge in [0.1, 0.15) is 5.76 Å². The second-order valence-corrected chi connectivity index (χ2v) is 5.70. The van der Waals surface area contributed by atoms with E-state index in [1.165, 1.54) is 25.7 Å². The van der Waals surface area contributed by atoms with E-state index in [0.29, 0.717) is 12.1 Å². The van der Waals surface area contributed by atoms with Gasteiger partial charge in [-0.15, -0.1) is 0 Å². The lowest BCUT2D eigenvalue weighted by Gasteiger charge is -2.36. The highest BCUT2D eigenvalue weighted by Gasteiger charge is 2.28. The fourth-order valence-electron chi connectivity index (χ4n) is 3.11. The van der Waals surface area contributed by atoms with Gasteiger partial charge in [-0.3, -0.25) is 0 Å². The minimum absolute atomic E-state index is 0.328. The van der Waals surface area contributed by atoms with Crippen molar-refractivity contribution in [2.24, 2.45) is 11.8 Å². The zero-order valence-electron chi connectivity index (χ0n) is 11.3. The molecule has 1 aromatic rings. The van der Waals surface area contributed by atoms with Crippen molar-refractivity contribution < 1.29 is 4.42 Å². The molecule has 96 valence electrons. The van der Waals surface area contributed by atoms with Crippen LogP contribution in [0.3, 0.4) is 0 Å². The molecule has 1 aliphatic rings. The molecule has 17 heavy (non-hydrogen) atoms. The molecule has 2 nitrogen and oxygen atoms in total. The lowest BCUT2D eigenvalue weighted by Crippen LogP contribution is -2.41. The van der Waals surface area contributed by atoms with Crippen LogP contribution < -0.4 is 5.32 Å². The summed E-state index contributed by atoms with van der Waals surface area (Å²) in [5.74, 6) is 2.65. The van der Waals surface area contributed by atoms with Gasteiger partial charge >= 0.3 is 0 Å². The molecule has 1 saturated carbocycles. The Morgan fingerprint density at radius 2 is 2.00 bits per heavy atom. The summed E-state index contributed by atoms with van der Waals surface area (Å²) in [6, 6.07) is 5.01. The first-order chi connectivity index (χ1) is 8.18. The molecule has 3 atom stereocenters. The van der Waals surface area contributed by atoms with E-state index in [1.54, 1.807) is 6.26 Å². The maximum absolute atomic E-state index is 5.47. The molecule has 0 radical (unpaired) electrons. The van der Waals surface area contributed by atoms with Crippen molar-refractivity contribution in [1.82, 2.24) is 5.32 Å². The predicted molar refractivity (Wildman–Crippen MR) is 70.8 cm³/mol. The van der Waals surface area contributed by atoms with Crippen LogP contribution in [0.1, 0.15) is 58.3 Å². The Bertz CT molecular complexity index is 318. The van der Waals surface area contributed by atoms with Crippen LogP contribution in [0.4, 0.5) is 0 Å². The monoisotopic (exact) mass is 235 g/mol. The topological polar surface area (TPSA) is 25.2 Å². The molecule has 2 unspecified atom stereocenters. The van der Waals surface area contributed by atoms with E-state index in [9.17, 15) is 0 Å². The van der Waals surface area contributed by atoms with Gasteiger partial charge in [-0.2, -0.15) is 0 Å². The molecular formula is C15H25NO. The van der Waals surface area contributed by atoms with Crippen LogP contribution in [0.5, 0.6) is 0 Å². The maximum atomic E-state index is 5.47. The van der Waals surface area contributed by atoms with E-state index in [0.717, 1.165) is 17.6 Å². The van der Waals surface area contributed by atoms with Gasteiger partial charge in [0.25, 0.3) is 0 Å². The average molecular weight is 235 g/mol. The third-order valence-corrected chi connectivity index (χ3v) is 4.11. The normalized spacial score (nSPS) is 27.3. The maximum Gasteiger partial charge on any atom is 0.120 e. The lowest BCUT2D eigenvalue weighted by atomic mass is 9.77. The number of hydrogen-bond donors (Lipinski definition) is 1. The van der Waals surface area contributed by atoms with Gasteiger partial charge in [0.15, 0.2) is 0 Å². The first kappa shape index (κ1) is 12.7. The minimum atomic E-state index is 0.328. The van der Waals surface area contributed by atoms with Crippen molar-refractivity contribution in [3.63, 3.8) is 0 Å². The van der Waals surface area contributed by atoms with Gasteiger partial charge in [0.05, 0.1) is 12.3 Å². The van der Waals surface area contributed by atoms with Crippen LogP contribution in [0.2, 0.25) is 0 Å². The molecule has 0 aromatic carbocycles. The summed E-state index contributed by atoms with van der Waals surface area (Å²) in [7, 11) is 0. The molecule has 2 heteroatoms. The average Bonchev–Trinajstić information content (AvgIpc) is 2.83. The third kappa shape index (κ3) is 3.12. The van der Waals surface area contributed by atoms with Gasteiger partial charge in [0.2, 0.25) is 0 Å². The Morgan fingerprint density at radius 1 is 1.24 bits per heavy atom. The number of rotatable bonds is 4. The van der Waals surface area contributed by atoms with E-state index in [1.807, 2.05) is 6.07 Å². The van der Waals surface area contributed by atoms with Crippen LogP contribution >= 0.6 is 0 Å². The number of furan rings is 1. The first-order valence-corrected chi connectivity index (χ1v) is 6.98. The van der Waals surface area contributed by atoms with Gasteiger partial charge < -0.3 is 9.73 Å². The predicted octanol–water partition coefficient (Wildman–Crippen LogP) is 4.15. The van der Waals surface area contributed by atoms with Gasteiger partial charge in [-0.1, -0.05) is 26.7 Å². The van der Waals surface area contributed by atoms with Crippen molar-refractivity contribution >= 4 is 0 Å². The van der Waals surface area contributed by atoms with Crippen molar-refractivity contribution in [2.45, 2.75) is 58.5 Å². The lowest BCUT2D eigenvalue weighted by molar-refractivity contribution is 0.190. The van der Waals surface area contributed by atoms with E-state index in [2.05, 4.69) is 32.2 Å². The number of nitrogens with one attached hydrogen (secondary N) is 1. The smallest absolute Gasteiger partial charge is 0.120 e. The van der Waals surface area contributed by atoms with E-state index >= 15 is 0 Å². The highest BCUT2D eigenvalue weighted by Crippen LogP contribution is 2.31. The molecule has 0 aliphatic heterocycles. The fourth-order valence-corrected chi connectivity index (χ4v) is 3.11. The van der Waals surface area contributed by atoms with Crippen molar-refractivity contribution in [3.8, 4) is 0 Å². The Hall–Kier alpha value is -0.760. The standard InChI is InChI=1S/C15H25NO/c1-11(2)13-7-4-5-8-14(13)16-12(3)15-9-6-10-17-15/h6,9-14,16H,4-5,7-8H2,1-3H3/t12-,13?,14?/m0/s1. The van der Waals surface area contributed by atoms with Crippen molar-refractivity contribution in [1.29, 1.82) is 0 Å². The second kappa shape index (κ2) is 5.72. The van der Waals surface area contributed by atoms with Gasteiger partial charge in [-0.05, 0) is 43.7 Å². The molecule has 1 aliphatic carbocycles. The van der Waals surface area contributed by atoms with E-state index in [4.69, 9.17) is 4.42 Å². The van der Waals surface area contributed by atoms with E-state index in [-0.39, 0.29) is 0 Å². The third-order valence-electron chi connectivity index (χ3n) is 4.11. The Kier molecular flexibility index (Phi) is 4.27. The molecule has 0 amide bonds. The Morgan fingerprint density at radius 3 is 2.65 bits per heavy atom. The summed E-state index contributed by atoms with van der Waals surface area (Å²) in [5.41, 5.74) is 0. The molecule has 0 bridgehead atoms. The molecule has 0 saturated heterocycles. The quantitative estimate of drug-likeness (QED) is 0.848. The largest absolute Gasteiger partial charge is 0.468 e. The summed E-state index contributed by atoms with van der Waals surface area (Å²) in [5, 5.41) is 3.76. The molecule has 1 N–H and O–H groups in total. The highest BCUT2D eigenvalue weighted by atomic mass is 16.3. The molecule has 1 aromatic heterocycles. The molecular weight excluding hydrogens is 210 g/mol. The van der Waals surface area contributed by atoms with Crippen molar-refractivity contribution in [3.05, 3.63) is 24.2 Å². The number of hydrogen-bond acceptors (Lipinski definition) is 2. The molecule has 1 heterocycles. The summed E-state index contributed by atoms with van der Waals surface area (Å²) in [6.45, 7) is 6.90. The Balaban J connectivity index is 1.96. The molecule has 0 spiro atoms. The van der Waals surface area contributed by atoms with E-state index < -0.39 is 0 Å². The van der Waals surface area contributed by atoms with Crippen LogP contribution in [-0.4, -0.2) is 6.04 Å². The Labute approximate surface area is 105 Å². The second-order valence-electron chi connectivity index (χ2n) is 5.70. The summed E-state index contributed by atoms with van der Waals surface area (Å²) in [4.78, 5) is 0. The molecule has 2 rings (SSSR count). The summed E-state index contributed by atoms with van der Waals surface area (Å²) in [6.07, 6.45) is 7.21. The van der Waals surface area contributed by atoms with Crippen LogP contribution in [0.15, 0.2) is 22.8 Å². The van der Waals surface area contributed by atoms with Crippen LogP contribution in [-0.2, 0) is 0 Å². The van der Waals surface area contributed by atoms with Crippen LogP contribution in [0.25, 0.3) is 0 Å².